The number of amides is 1. The van der Waals surface area contributed by atoms with Crippen molar-refractivity contribution in [2.24, 2.45) is 0 Å². The molecule has 0 saturated heterocycles. The van der Waals surface area contributed by atoms with Gasteiger partial charge in [-0.1, -0.05) is 6.92 Å². The highest BCUT2D eigenvalue weighted by Crippen LogP contribution is 2.15. The largest absolute Gasteiger partial charge is 0.352 e. The number of carbonyl (C=O) groups is 1. The maximum absolute atomic E-state index is 11.7. The number of nitrogens with zero attached hydrogens (tertiary/aromatic N) is 2. The minimum absolute atomic E-state index is 0.123. The third kappa shape index (κ3) is 3.48. The highest BCUT2D eigenvalue weighted by atomic mass is 32.1. The summed E-state index contributed by atoms with van der Waals surface area (Å²) >= 11 is 1.55. The van der Waals surface area contributed by atoms with E-state index < -0.39 is 0 Å². The molecule has 0 bridgehead atoms. The van der Waals surface area contributed by atoms with Gasteiger partial charge < -0.3 is 10.2 Å². The number of hydrogen-bond acceptors (Lipinski definition) is 4. The van der Waals surface area contributed by atoms with Crippen molar-refractivity contribution in [3.8, 4) is 0 Å². The first-order chi connectivity index (χ1) is 7.71. The zero-order chi connectivity index (χ0) is 12.0. The van der Waals surface area contributed by atoms with Crippen molar-refractivity contribution >= 4 is 22.4 Å². The predicted octanol–water partition coefficient (Wildman–Crippen LogP) is 1.99. The summed E-state index contributed by atoms with van der Waals surface area (Å²) in [5.41, 5.74) is 1.07. The number of carbonyl (C=O) groups excluding carboxylic acids is 1. The van der Waals surface area contributed by atoms with Crippen LogP contribution in [-0.4, -0.2) is 35.4 Å². The average molecular weight is 241 g/mol. The van der Waals surface area contributed by atoms with E-state index in [0.717, 1.165) is 30.3 Å². The average Bonchev–Trinajstić information content (AvgIpc) is 2.76. The molecule has 0 atom stereocenters. The van der Waals surface area contributed by atoms with Crippen LogP contribution < -0.4 is 5.32 Å². The van der Waals surface area contributed by atoms with Gasteiger partial charge >= 0.3 is 0 Å². The first-order valence-electron chi connectivity index (χ1n) is 5.67. The number of thiazole rings is 1. The van der Waals surface area contributed by atoms with Crippen molar-refractivity contribution < 1.29 is 4.79 Å². The number of aryl methyl sites for hydroxylation is 1. The first kappa shape index (κ1) is 13.0. The van der Waals surface area contributed by atoms with Gasteiger partial charge in [-0.2, -0.15) is 0 Å². The molecule has 1 aromatic rings. The van der Waals surface area contributed by atoms with Crippen LogP contribution in [0.3, 0.4) is 0 Å². The summed E-state index contributed by atoms with van der Waals surface area (Å²) in [5.74, 6) is 0.123. The zero-order valence-electron chi connectivity index (χ0n) is 10.1. The summed E-state index contributed by atoms with van der Waals surface area (Å²) in [7, 11) is 0. The second-order valence-electron chi connectivity index (χ2n) is 3.42. The first-order valence-corrected chi connectivity index (χ1v) is 6.55. The number of nitrogens with one attached hydrogen (secondary N) is 1. The van der Waals surface area contributed by atoms with Gasteiger partial charge in [0.25, 0.3) is 0 Å². The fourth-order valence-corrected chi connectivity index (χ4v) is 2.18. The van der Waals surface area contributed by atoms with Gasteiger partial charge in [-0.25, -0.2) is 4.98 Å². The van der Waals surface area contributed by atoms with E-state index in [0.29, 0.717) is 6.54 Å². The van der Waals surface area contributed by atoms with Crippen LogP contribution in [0.25, 0.3) is 0 Å². The van der Waals surface area contributed by atoms with Crippen molar-refractivity contribution in [3.63, 3.8) is 0 Å². The van der Waals surface area contributed by atoms with E-state index in [2.05, 4.69) is 17.2 Å². The number of hydrogen-bond donors (Lipinski definition) is 1. The topological polar surface area (TPSA) is 45.2 Å². The molecule has 0 radical (unpaired) electrons. The lowest BCUT2D eigenvalue weighted by Gasteiger charge is -2.18. The molecule has 5 heteroatoms. The maximum atomic E-state index is 11.7. The van der Waals surface area contributed by atoms with Crippen LogP contribution >= 0.6 is 11.3 Å². The molecule has 0 aromatic carbocycles. The molecule has 1 amide bonds. The van der Waals surface area contributed by atoms with Crippen LogP contribution in [0.15, 0.2) is 5.38 Å². The van der Waals surface area contributed by atoms with Gasteiger partial charge in [0.05, 0.1) is 12.2 Å². The van der Waals surface area contributed by atoms with Crippen LogP contribution in [0.2, 0.25) is 0 Å². The predicted molar refractivity (Wildman–Crippen MR) is 67.9 cm³/mol. The summed E-state index contributed by atoms with van der Waals surface area (Å²) in [5, 5.41) is 5.91. The van der Waals surface area contributed by atoms with Gasteiger partial charge in [-0.05, 0) is 20.3 Å². The standard InChI is InChI=1S/C11H19N3OS/c1-4-9-8-16-11(13-9)12-7-10(15)14(5-2)6-3/h8H,4-7H2,1-3H3,(H,12,13). The molecule has 0 fully saturated rings. The normalized spacial score (nSPS) is 10.2. The molecule has 0 unspecified atom stereocenters. The third-order valence-electron chi connectivity index (χ3n) is 2.42. The van der Waals surface area contributed by atoms with Crippen molar-refractivity contribution in [3.05, 3.63) is 11.1 Å². The molecular formula is C11H19N3OS. The molecule has 0 aliphatic carbocycles. The lowest BCUT2D eigenvalue weighted by atomic mass is 10.4. The minimum Gasteiger partial charge on any atom is -0.352 e. The van der Waals surface area contributed by atoms with Crippen molar-refractivity contribution in [1.82, 2.24) is 9.88 Å². The Balaban J connectivity index is 2.41. The second-order valence-corrected chi connectivity index (χ2v) is 4.28. The highest BCUT2D eigenvalue weighted by molar-refractivity contribution is 7.13. The summed E-state index contributed by atoms with van der Waals surface area (Å²) < 4.78 is 0. The van der Waals surface area contributed by atoms with E-state index in [-0.39, 0.29) is 5.91 Å². The van der Waals surface area contributed by atoms with E-state index in [4.69, 9.17) is 0 Å². The number of likely N-dealkylation sites (N-methyl/N-ethyl adjacent to an activating group) is 1. The van der Waals surface area contributed by atoms with E-state index in [9.17, 15) is 4.79 Å². The van der Waals surface area contributed by atoms with Gasteiger partial charge in [0.1, 0.15) is 0 Å². The Morgan fingerprint density at radius 3 is 2.62 bits per heavy atom. The van der Waals surface area contributed by atoms with E-state index in [1.54, 1.807) is 16.2 Å². The Morgan fingerprint density at radius 1 is 1.44 bits per heavy atom. The van der Waals surface area contributed by atoms with Crippen LogP contribution in [0.1, 0.15) is 26.5 Å². The lowest BCUT2D eigenvalue weighted by molar-refractivity contribution is -0.128. The molecule has 1 N–H and O–H groups in total. The Bertz CT molecular complexity index is 334. The van der Waals surface area contributed by atoms with Crippen molar-refractivity contribution in [2.75, 3.05) is 25.0 Å². The summed E-state index contributed by atoms with van der Waals surface area (Å²) in [4.78, 5) is 17.9. The molecule has 1 aromatic heterocycles. The van der Waals surface area contributed by atoms with Gasteiger partial charge in [0.15, 0.2) is 5.13 Å². The third-order valence-corrected chi connectivity index (χ3v) is 3.27. The molecule has 90 valence electrons. The Labute approximate surface area is 101 Å². The van der Waals surface area contributed by atoms with E-state index in [1.807, 2.05) is 19.2 Å². The molecule has 1 rings (SSSR count). The Kier molecular flexibility index (Phi) is 5.25. The molecule has 4 nitrogen and oxygen atoms in total. The molecule has 0 spiro atoms. The van der Waals surface area contributed by atoms with Crippen LogP contribution in [-0.2, 0) is 11.2 Å². The van der Waals surface area contributed by atoms with Gasteiger partial charge in [0.2, 0.25) is 5.91 Å². The van der Waals surface area contributed by atoms with Gasteiger partial charge in [0, 0.05) is 18.5 Å². The quantitative estimate of drug-likeness (QED) is 0.828. The highest BCUT2D eigenvalue weighted by Gasteiger charge is 2.09. The summed E-state index contributed by atoms with van der Waals surface area (Å²) in [6.07, 6.45) is 0.933. The molecule has 0 aliphatic heterocycles. The molecular weight excluding hydrogens is 222 g/mol. The Hall–Kier alpha value is -1.10. The monoisotopic (exact) mass is 241 g/mol. The van der Waals surface area contributed by atoms with Crippen LogP contribution in [0.4, 0.5) is 5.13 Å². The van der Waals surface area contributed by atoms with Crippen LogP contribution in [0, 0.1) is 0 Å². The van der Waals surface area contributed by atoms with Gasteiger partial charge in [-0.15, -0.1) is 11.3 Å². The van der Waals surface area contributed by atoms with Crippen molar-refractivity contribution in [2.45, 2.75) is 27.2 Å². The van der Waals surface area contributed by atoms with E-state index in [1.165, 1.54) is 0 Å². The zero-order valence-corrected chi connectivity index (χ0v) is 10.9. The maximum Gasteiger partial charge on any atom is 0.241 e. The fourth-order valence-electron chi connectivity index (χ4n) is 1.39. The smallest absolute Gasteiger partial charge is 0.241 e. The molecule has 16 heavy (non-hydrogen) atoms. The summed E-state index contributed by atoms with van der Waals surface area (Å²) in [6, 6.07) is 0. The fraction of sp³-hybridized carbons (Fsp3) is 0.636. The number of anilines is 1. The molecule has 0 saturated carbocycles. The lowest BCUT2D eigenvalue weighted by Crippen LogP contribution is -2.35. The van der Waals surface area contributed by atoms with E-state index >= 15 is 0 Å². The molecule has 0 aliphatic rings. The number of rotatable bonds is 6. The minimum atomic E-state index is 0.123. The summed E-state index contributed by atoms with van der Waals surface area (Å²) in [6.45, 7) is 7.89. The number of aromatic nitrogens is 1. The SMILES string of the molecule is CCc1csc(NCC(=O)N(CC)CC)n1. The molecule has 1 heterocycles. The van der Waals surface area contributed by atoms with Crippen molar-refractivity contribution in [1.29, 1.82) is 0 Å². The van der Waals surface area contributed by atoms with Crippen LogP contribution in [0.5, 0.6) is 0 Å². The van der Waals surface area contributed by atoms with Gasteiger partial charge in [-0.3, -0.25) is 4.79 Å². The Morgan fingerprint density at radius 2 is 2.12 bits per heavy atom. The second kappa shape index (κ2) is 6.48.